The van der Waals surface area contributed by atoms with E-state index in [4.69, 9.17) is 10.00 Å². The van der Waals surface area contributed by atoms with Gasteiger partial charge in [-0.25, -0.2) is 19.9 Å². The molecule has 0 amide bonds. The number of Topliss-reactive ketones (excluding diaryl/α,β-unsaturated/α-hetero) is 1. The van der Waals surface area contributed by atoms with Crippen LogP contribution in [0.2, 0.25) is 0 Å². The SMILES string of the molecule is CCC(=O)c1cnc(Nc2cccc(C#N)n2)cc1Nc1nccc(-c2ncn(C)n2)c1OC. The van der Waals surface area contributed by atoms with Gasteiger partial charge in [0.05, 0.1) is 23.9 Å². The highest BCUT2D eigenvalue weighted by Crippen LogP contribution is 2.36. The number of ether oxygens (including phenoxy) is 1. The molecule has 0 saturated carbocycles. The Morgan fingerprint density at radius 2 is 2.03 bits per heavy atom. The lowest BCUT2D eigenvalue weighted by Crippen LogP contribution is -2.08. The number of aryl methyl sites for hydroxylation is 1. The highest BCUT2D eigenvalue weighted by Gasteiger charge is 2.19. The first-order chi connectivity index (χ1) is 16.5. The summed E-state index contributed by atoms with van der Waals surface area (Å²) in [5.74, 6) is 2.09. The van der Waals surface area contributed by atoms with Crippen LogP contribution < -0.4 is 15.4 Å². The van der Waals surface area contributed by atoms with Crippen LogP contribution in [-0.2, 0) is 7.05 Å². The zero-order valence-electron chi connectivity index (χ0n) is 18.8. The minimum absolute atomic E-state index is 0.0901. The molecule has 170 valence electrons. The van der Waals surface area contributed by atoms with Crippen molar-refractivity contribution in [3.05, 3.63) is 60.3 Å². The number of hydrogen-bond acceptors (Lipinski definition) is 10. The van der Waals surface area contributed by atoms with E-state index in [1.54, 1.807) is 61.5 Å². The van der Waals surface area contributed by atoms with Crippen molar-refractivity contribution in [2.24, 2.45) is 7.05 Å². The van der Waals surface area contributed by atoms with Crippen LogP contribution in [0.1, 0.15) is 29.4 Å². The summed E-state index contributed by atoms with van der Waals surface area (Å²) in [4.78, 5) is 29.8. The van der Waals surface area contributed by atoms with Crippen LogP contribution >= 0.6 is 0 Å². The fourth-order valence-electron chi connectivity index (χ4n) is 3.25. The number of anilines is 4. The van der Waals surface area contributed by atoms with Gasteiger partial charge in [-0.2, -0.15) is 10.4 Å². The Morgan fingerprint density at radius 1 is 1.18 bits per heavy atom. The van der Waals surface area contributed by atoms with Crippen molar-refractivity contribution in [2.75, 3.05) is 17.7 Å². The van der Waals surface area contributed by atoms with Crippen molar-refractivity contribution < 1.29 is 9.53 Å². The molecule has 0 unspecified atom stereocenters. The normalized spacial score (nSPS) is 10.4. The van der Waals surface area contributed by atoms with E-state index in [9.17, 15) is 4.79 Å². The molecule has 0 saturated heterocycles. The van der Waals surface area contributed by atoms with Gasteiger partial charge in [0.1, 0.15) is 29.7 Å². The van der Waals surface area contributed by atoms with Crippen LogP contribution in [0.4, 0.5) is 23.1 Å². The van der Waals surface area contributed by atoms with Gasteiger partial charge in [-0.3, -0.25) is 9.48 Å². The topological polar surface area (TPSA) is 144 Å². The fourth-order valence-corrected chi connectivity index (χ4v) is 3.25. The zero-order chi connectivity index (χ0) is 24.1. The van der Waals surface area contributed by atoms with Gasteiger partial charge in [0.2, 0.25) is 0 Å². The molecule has 11 heteroatoms. The summed E-state index contributed by atoms with van der Waals surface area (Å²) in [6, 6.07) is 10.5. The molecule has 4 heterocycles. The van der Waals surface area contributed by atoms with E-state index in [0.29, 0.717) is 52.3 Å². The van der Waals surface area contributed by atoms with E-state index in [2.05, 4.69) is 35.7 Å². The maximum Gasteiger partial charge on any atom is 0.185 e. The first-order valence-electron chi connectivity index (χ1n) is 10.4. The van der Waals surface area contributed by atoms with Crippen LogP contribution in [0.15, 0.2) is 49.1 Å². The van der Waals surface area contributed by atoms with Crippen molar-refractivity contribution in [1.82, 2.24) is 29.7 Å². The third-order valence-electron chi connectivity index (χ3n) is 4.85. The maximum atomic E-state index is 12.6. The molecule has 0 bridgehead atoms. The van der Waals surface area contributed by atoms with Crippen molar-refractivity contribution in [2.45, 2.75) is 13.3 Å². The van der Waals surface area contributed by atoms with Crippen molar-refractivity contribution in [3.8, 4) is 23.2 Å². The van der Waals surface area contributed by atoms with Crippen molar-refractivity contribution in [3.63, 3.8) is 0 Å². The Morgan fingerprint density at radius 3 is 2.74 bits per heavy atom. The number of aromatic nitrogens is 6. The van der Waals surface area contributed by atoms with Gasteiger partial charge in [-0.05, 0) is 18.2 Å². The Balaban J connectivity index is 1.73. The van der Waals surface area contributed by atoms with Gasteiger partial charge in [0, 0.05) is 31.9 Å². The molecule has 0 aliphatic rings. The number of carbonyl (C=O) groups is 1. The van der Waals surface area contributed by atoms with Crippen molar-refractivity contribution in [1.29, 1.82) is 5.26 Å². The molecule has 4 aromatic rings. The van der Waals surface area contributed by atoms with E-state index >= 15 is 0 Å². The number of nitrogens with zero attached hydrogens (tertiary/aromatic N) is 7. The molecule has 0 atom stereocenters. The molecule has 2 N–H and O–H groups in total. The number of hydrogen-bond donors (Lipinski definition) is 2. The number of ketones is 1. The third kappa shape index (κ3) is 4.66. The summed E-state index contributed by atoms with van der Waals surface area (Å²) in [6.07, 6.45) is 4.99. The zero-order valence-corrected chi connectivity index (χ0v) is 18.8. The molecule has 0 aromatic carbocycles. The monoisotopic (exact) mass is 455 g/mol. The predicted molar refractivity (Wildman–Crippen MR) is 125 cm³/mol. The number of nitriles is 1. The van der Waals surface area contributed by atoms with Gasteiger partial charge in [0.25, 0.3) is 0 Å². The number of rotatable bonds is 8. The van der Waals surface area contributed by atoms with Crippen LogP contribution in [0.3, 0.4) is 0 Å². The summed E-state index contributed by atoms with van der Waals surface area (Å²) in [7, 11) is 3.30. The van der Waals surface area contributed by atoms with Gasteiger partial charge in [-0.15, -0.1) is 0 Å². The smallest absolute Gasteiger partial charge is 0.185 e. The Kier molecular flexibility index (Phi) is 6.40. The molecule has 4 aromatic heterocycles. The van der Waals surface area contributed by atoms with E-state index in [-0.39, 0.29) is 11.5 Å². The lowest BCUT2D eigenvalue weighted by Gasteiger charge is -2.16. The quantitative estimate of drug-likeness (QED) is 0.378. The number of methoxy groups -OCH3 is 1. The second kappa shape index (κ2) is 9.74. The molecule has 34 heavy (non-hydrogen) atoms. The van der Waals surface area contributed by atoms with E-state index < -0.39 is 0 Å². The minimum Gasteiger partial charge on any atom is -0.492 e. The van der Waals surface area contributed by atoms with E-state index in [1.165, 1.54) is 13.3 Å². The highest BCUT2D eigenvalue weighted by molar-refractivity contribution is 6.02. The summed E-state index contributed by atoms with van der Waals surface area (Å²) < 4.78 is 7.21. The summed E-state index contributed by atoms with van der Waals surface area (Å²) in [5, 5.41) is 19.7. The third-order valence-corrected chi connectivity index (χ3v) is 4.85. The standard InChI is InChI=1S/C23H21N9O2/c1-4-18(33)16-12-26-20(30-19-7-5-6-14(11-24)28-19)10-17(16)29-23-21(34-3)15(8-9-25-23)22-27-13-32(2)31-22/h5-10,12-13H,4H2,1-3H3,(H2,25,26,28,29,30). The molecule has 0 aliphatic carbocycles. The average molecular weight is 455 g/mol. The van der Waals surface area contributed by atoms with Crippen LogP contribution in [0.5, 0.6) is 5.75 Å². The molecule has 4 rings (SSSR count). The Labute approximate surface area is 195 Å². The Bertz CT molecular complexity index is 1390. The maximum absolute atomic E-state index is 12.6. The second-order valence-corrected chi connectivity index (χ2v) is 7.14. The van der Waals surface area contributed by atoms with Crippen LogP contribution in [0.25, 0.3) is 11.4 Å². The minimum atomic E-state index is -0.0901. The lowest BCUT2D eigenvalue weighted by molar-refractivity contribution is 0.0988. The average Bonchev–Trinajstić information content (AvgIpc) is 3.29. The largest absolute Gasteiger partial charge is 0.492 e. The molecule has 0 aliphatic heterocycles. The second-order valence-electron chi connectivity index (χ2n) is 7.14. The number of nitrogens with one attached hydrogen (secondary N) is 2. The molecule has 0 fully saturated rings. The molecular formula is C23H21N9O2. The van der Waals surface area contributed by atoms with Gasteiger partial charge >= 0.3 is 0 Å². The molecule has 11 nitrogen and oxygen atoms in total. The highest BCUT2D eigenvalue weighted by atomic mass is 16.5. The van der Waals surface area contributed by atoms with E-state index in [0.717, 1.165) is 0 Å². The number of pyridine rings is 3. The molecular weight excluding hydrogens is 434 g/mol. The Hall–Kier alpha value is -4.85. The summed E-state index contributed by atoms with van der Waals surface area (Å²) in [5.41, 5.74) is 1.80. The summed E-state index contributed by atoms with van der Waals surface area (Å²) in [6.45, 7) is 1.78. The van der Waals surface area contributed by atoms with Crippen LogP contribution in [0, 0.1) is 11.3 Å². The van der Waals surface area contributed by atoms with Gasteiger partial charge < -0.3 is 15.4 Å². The first-order valence-corrected chi connectivity index (χ1v) is 10.4. The fraction of sp³-hybridized carbons (Fsp3) is 0.174. The number of carbonyl (C=O) groups excluding carboxylic acids is 1. The molecule has 0 spiro atoms. The molecule has 0 radical (unpaired) electrons. The van der Waals surface area contributed by atoms with Gasteiger partial charge in [-0.1, -0.05) is 13.0 Å². The van der Waals surface area contributed by atoms with E-state index in [1.807, 2.05) is 6.07 Å². The van der Waals surface area contributed by atoms with Gasteiger partial charge in [0.15, 0.2) is 23.2 Å². The summed E-state index contributed by atoms with van der Waals surface area (Å²) >= 11 is 0. The van der Waals surface area contributed by atoms with Crippen molar-refractivity contribution >= 4 is 28.9 Å². The van der Waals surface area contributed by atoms with Crippen LogP contribution in [-0.4, -0.2) is 42.6 Å². The predicted octanol–water partition coefficient (Wildman–Crippen LogP) is 3.63. The first kappa shape index (κ1) is 22.3. The lowest BCUT2D eigenvalue weighted by atomic mass is 10.1.